The van der Waals surface area contributed by atoms with Crippen LogP contribution in [-0.2, 0) is 24.7 Å². The number of nitrogens with zero attached hydrogens (tertiary/aromatic N) is 3. The van der Waals surface area contributed by atoms with Crippen LogP contribution in [0.5, 0.6) is 0 Å². The van der Waals surface area contributed by atoms with Crippen molar-refractivity contribution in [2.45, 2.75) is 45.2 Å². The first-order chi connectivity index (χ1) is 11.3. The van der Waals surface area contributed by atoms with E-state index >= 15 is 0 Å². The van der Waals surface area contributed by atoms with Crippen molar-refractivity contribution in [1.29, 1.82) is 0 Å². The highest BCUT2D eigenvalue weighted by Crippen LogP contribution is 2.42. The van der Waals surface area contributed by atoms with Gasteiger partial charge in [0.2, 0.25) is 5.91 Å². The van der Waals surface area contributed by atoms with Gasteiger partial charge in [-0.1, -0.05) is 32.5 Å². The maximum atomic E-state index is 11.0. The summed E-state index contributed by atoms with van der Waals surface area (Å²) >= 11 is 3.16. The van der Waals surface area contributed by atoms with Gasteiger partial charge in [0.15, 0.2) is 11.0 Å². The Morgan fingerprint density at radius 3 is 2.88 bits per heavy atom. The molecule has 1 aliphatic rings. The van der Waals surface area contributed by atoms with Crippen LogP contribution >= 0.6 is 23.1 Å². The summed E-state index contributed by atoms with van der Waals surface area (Å²) in [7, 11) is 1.94. The number of thiophene rings is 1. The maximum absolute atomic E-state index is 11.0. The Morgan fingerprint density at radius 2 is 2.21 bits per heavy atom. The monoisotopic (exact) mass is 364 g/mol. The summed E-state index contributed by atoms with van der Waals surface area (Å²) in [5, 5.41) is 9.25. The molecule has 0 aliphatic heterocycles. The Morgan fingerprint density at radius 1 is 1.46 bits per heavy atom. The predicted octanol–water partition coefficient (Wildman–Crippen LogP) is 3.27. The molecule has 3 rings (SSSR count). The minimum Gasteiger partial charge on any atom is -0.369 e. The van der Waals surface area contributed by atoms with Gasteiger partial charge in [-0.3, -0.25) is 4.79 Å². The second-order valence-electron chi connectivity index (χ2n) is 7.48. The van der Waals surface area contributed by atoms with Crippen LogP contribution in [0.1, 0.15) is 37.6 Å². The second kappa shape index (κ2) is 6.52. The molecular formula is C17H24N4OS2. The van der Waals surface area contributed by atoms with Gasteiger partial charge in [0.1, 0.15) is 0 Å². The highest BCUT2D eigenvalue weighted by molar-refractivity contribution is 7.99. The summed E-state index contributed by atoms with van der Waals surface area (Å²) in [6.45, 7) is 7.00. The molecule has 5 nitrogen and oxygen atoms in total. The average molecular weight is 365 g/mol. The van der Waals surface area contributed by atoms with Crippen molar-refractivity contribution in [3.8, 4) is 10.7 Å². The van der Waals surface area contributed by atoms with Gasteiger partial charge in [0.05, 0.1) is 10.6 Å². The van der Waals surface area contributed by atoms with Crippen LogP contribution in [0.3, 0.4) is 0 Å². The molecule has 0 fully saturated rings. The molecule has 0 radical (unpaired) electrons. The molecule has 130 valence electrons. The van der Waals surface area contributed by atoms with E-state index in [0.29, 0.717) is 5.41 Å². The third-order valence-corrected chi connectivity index (χ3v) is 6.98. The quantitative estimate of drug-likeness (QED) is 0.845. The number of rotatable bonds is 4. The highest BCUT2D eigenvalue weighted by atomic mass is 32.2. The Hall–Kier alpha value is -1.34. The number of thioether (sulfide) groups is 1. The molecule has 1 amide bonds. The largest absolute Gasteiger partial charge is 0.369 e. The van der Waals surface area contributed by atoms with E-state index in [0.717, 1.165) is 34.6 Å². The van der Waals surface area contributed by atoms with E-state index in [1.54, 1.807) is 0 Å². The van der Waals surface area contributed by atoms with Crippen molar-refractivity contribution < 1.29 is 4.79 Å². The van der Waals surface area contributed by atoms with Gasteiger partial charge in [-0.15, -0.1) is 21.5 Å². The number of hydrogen-bond acceptors (Lipinski definition) is 5. The van der Waals surface area contributed by atoms with Crippen LogP contribution in [0, 0.1) is 11.3 Å². The van der Waals surface area contributed by atoms with E-state index in [2.05, 4.69) is 37.0 Å². The Balaban J connectivity index is 1.83. The number of primary amides is 1. The zero-order chi connectivity index (χ0) is 17.5. The summed E-state index contributed by atoms with van der Waals surface area (Å²) in [4.78, 5) is 13.6. The molecule has 0 saturated carbocycles. The van der Waals surface area contributed by atoms with Crippen LogP contribution in [0.4, 0.5) is 0 Å². The minimum absolute atomic E-state index is 0.222. The van der Waals surface area contributed by atoms with Crippen LogP contribution in [-0.4, -0.2) is 26.4 Å². The van der Waals surface area contributed by atoms with E-state index in [1.807, 2.05) is 23.0 Å². The maximum Gasteiger partial charge on any atom is 0.227 e. The average Bonchev–Trinajstić information content (AvgIpc) is 3.06. The lowest BCUT2D eigenvalue weighted by atomic mass is 9.72. The zero-order valence-corrected chi connectivity index (χ0v) is 16.3. The van der Waals surface area contributed by atoms with Gasteiger partial charge in [0.25, 0.3) is 0 Å². The molecule has 7 heteroatoms. The molecule has 0 saturated heterocycles. The lowest BCUT2D eigenvalue weighted by molar-refractivity contribution is -0.115. The summed E-state index contributed by atoms with van der Waals surface area (Å²) in [6.07, 6.45) is 3.56. The first-order valence-corrected chi connectivity index (χ1v) is 9.98. The Bertz CT molecular complexity index is 757. The molecule has 2 heterocycles. The second-order valence-corrected chi connectivity index (χ2v) is 9.56. The Labute approximate surface area is 151 Å². The van der Waals surface area contributed by atoms with E-state index in [9.17, 15) is 4.79 Å². The van der Waals surface area contributed by atoms with Crippen molar-refractivity contribution in [3.05, 3.63) is 16.5 Å². The smallest absolute Gasteiger partial charge is 0.227 e. The van der Waals surface area contributed by atoms with Gasteiger partial charge in [-0.05, 0) is 42.2 Å². The van der Waals surface area contributed by atoms with Gasteiger partial charge in [-0.25, -0.2) is 0 Å². The molecule has 2 aromatic heterocycles. The molecule has 0 unspecified atom stereocenters. The Kier molecular flexibility index (Phi) is 4.75. The van der Waals surface area contributed by atoms with Crippen molar-refractivity contribution in [2.24, 2.45) is 24.1 Å². The molecule has 0 aromatic carbocycles. The standard InChI is InChI=1S/C17H24N4OS2/c1-17(2,3)11-5-6-12-10(7-11)8-13(24-12)15-19-20-16(21(15)4)23-9-14(18)22/h8,11H,5-7,9H2,1-4H3,(H2,18,22)/t11-/m1/s1. The molecule has 0 spiro atoms. The van der Waals surface area contributed by atoms with Crippen molar-refractivity contribution in [2.75, 3.05) is 5.75 Å². The first-order valence-electron chi connectivity index (χ1n) is 8.18. The molecular weight excluding hydrogens is 340 g/mol. The topological polar surface area (TPSA) is 73.8 Å². The molecule has 0 bridgehead atoms. The van der Waals surface area contributed by atoms with Crippen LogP contribution in [0.2, 0.25) is 0 Å². The molecule has 2 aromatic rings. The zero-order valence-electron chi connectivity index (χ0n) is 14.6. The number of aromatic nitrogens is 3. The van der Waals surface area contributed by atoms with Gasteiger partial charge in [-0.2, -0.15) is 0 Å². The predicted molar refractivity (Wildman–Crippen MR) is 99.2 cm³/mol. The number of hydrogen-bond donors (Lipinski definition) is 1. The number of nitrogens with two attached hydrogens (primary N) is 1. The summed E-state index contributed by atoms with van der Waals surface area (Å²) in [5.41, 5.74) is 7.03. The van der Waals surface area contributed by atoms with Crippen LogP contribution in [0.15, 0.2) is 11.2 Å². The summed E-state index contributed by atoms with van der Waals surface area (Å²) in [5.74, 6) is 1.48. The molecule has 1 aliphatic carbocycles. The van der Waals surface area contributed by atoms with Crippen LogP contribution < -0.4 is 5.73 Å². The SMILES string of the molecule is Cn1c(SCC(N)=O)nnc1-c1cc2c(s1)CC[C@@H](C(C)(C)C)C2. The van der Waals surface area contributed by atoms with Crippen molar-refractivity contribution in [3.63, 3.8) is 0 Å². The molecule has 1 atom stereocenters. The lowest BCUT2D eigenvalue weighted by Crippen LogP contribution is -2.26. The van der Waals surface area contributed by atoms with E-state index in [-0.39, 0.29) is 11.7 Å². The first kappa shape index (κ1) is 17.5. The minimum atomic E-state index is -0.343. The number of fused-ring (bicyclic) bond motifs is 1. The van der Waals surface area contributed by atoms with E-state index < -0.39 is 0 Å². The lowest BCUT2D eigenvalue weighted by Gasteiger charge is -2.33. The van der Waals surface area contributed by atoms with Crippen molar-refractivity contribution >= 4 is 29.0 Å². The number of aryl methyl sites for hydroxylation is 1. The third-order valence-electron chi connectivity index (χ3n) is 4.71. The number of carbonyl (C=O) groups is 1. The third kappa shape index (κ3) is 3.52. The fourth-order valence-corrected chi connectivity index (χ4v) is 5.04. The normalized spacial score (nSPS) is 17.8. The molecule has 2 N–H and O–H groups in total. The summed E-state index contributed by atoms with van der Waals surface area (Å²) in [6, 6.07) is 2.28. The van der Waals surface area contributed by atoms with Gasteiger partial charge < -0.3 is 10.3 Å². The highest BCUT2D eigenvalue weighted by Gasteiger charge is 2.30. The number of amides is 1. The fourth-order valence-electron chi connectivity index (χ4n) is 3.16. The van der Waals surface area contributed by atoms with E-state index in [4.69, 9.17) is 5.73 Å². The van der Waals surface area contributed by atoms with Crippen LogP contribution in [0.25, 0.3) is 10.7 Å². The van der Waals surface area contributed by atoms with Gasteiger partial charge in [0, 0.05) is 11.9 Å². The molecule has 24 heavy (non-hydrogen) atoms. The summed E-state index contributed by atoms with van der Waals surface area (Å²) < 4.78 is 1.95. The van der Waals surface area contributed by atoms with Crippen molar-refractivity contribution in [1.82, 2.24) is 14.8 Å². The number of carbonyl (C=O) groups excluding carboxylic acids is 1. The van der Waals surface area contributed by atoms with Gasteiger partial charge >= 0.3 is 0 Å². The van der Waals surface area contributed by atoms with E-state index in [1.165, 1.54) is 28.6 Å². The fraction of sp³-hybridized carbons (Fsp3) is 0.588.